The Labute approximate surface area is 99.0 Å². The van der Waals surface area contributed by atoms with Gasteiger partial charge in [-0.15, -0.1) is 23.2 Å². The van der Waals surface area contributed by atoms with Crippen molar-refractivity contribution in [3.63, 3.8) is 0 Å². The van der Waals surface area contributed by atoms with E-state index in [9.17, 15) is 4.79 Å². The van der Waals surface area contributed by atoms with Crippen molar-refractivity contribution in [1.82, 2.24) is 9.88 Å². The van der Waals surface area contributed by atoms with Gasteiger partial charge in [-0.05, 0) is 12.1 Å². The summed E-state index contributed by atoms with van der Waals surface area (Å²) in [6.45, 7) is 1.00. The van der Waals surface area contributed by atoms with E-state index < -0.39 is 0 Å². The van der Waals surface area contributed by atoms with Crippen molar-refractivity contribution in [2.24, 2.45) is 0 Å². The van der Waals surface area contributed by atoms with E-state index in [1.807, 2.05) is 0 Å². The highest BCUT2D eigenvalue weighted by Gasteiger charge is 2.14. The Balaban J connectivity index is 2.71. The van der Waals surface area contributed by atoms with E-state index in [4.69, 9.17) is 23.2 Å². The number of pyridine rings is 1. The highest BCUT2D eigenvalue weighted by molar-refractivity contribution is 6.18. The second-order valence-electron chi connectivity index (χ2n) is 2.91. The molecule has 82 valence electrons. The highest BCUT2D eigenvalue weighted by Crippen LogP contribution is 2.03. The van der Waals surface area contributed by atoms with Crippen LogP contribution in [-0.2, 0) is 0 Å². The summed E-state index contributed by atoms with van der Waals surface area (Å²) >= 11 is 11.2. The summed E-state index contributed by atoms with van der Waals surface area (Å²) in [7, 11) is 0. The average Bonchev–Trinajstić information content (AvgIpc) is 2.29. The lowest BCUT2D eigenvalue weighted by atomic mass is 10.2. The molecule has 1 rings (SSSR count). The van der Waals surface area contributed by atoms with Gasteiger partial charge in [0, 0.05) is 37.2 Å². The predicted molar refractivity (Wildman–Crippen MR) is 61.6 cm³/mol. The second kappa shape index (κ2) is 6.64. The monoisotopic (exact) mass is 246 g/mol. The normalized spacial score (nSPS) is 10.0. The number of alkyl halides is 2. The molecule has 0 bridgehead atoms. The van der Waals surface area contributed by atoms with Gasteiger partial charge >= 0.3 is 0 Å². The zero-order valence-corrected chi connectivity index (χ0v) is 9.71. The summed E-state index contributed by atoms with van der Waals surface area (Å²) in [5, 5.41) is 0. The fourth-order valence-corrected chi connectivity index (χ4v) is 1.60. The van der Waals surface area contributed by atoms with Gasteiger partial charge in [-0.3, -0.25) is 9.78 Å². The number of carbonyl (C=O) groups excluding carboxylic acids is 1. The Bertz CT molecular complexity index is 300. The summed E-state index contributed by atoms with van der Waals surface area (Å²) in [6.07, 6.45) is 3.17. The van der Waals surface area contributed by atoms with Gasteiger partial charge in [0.15, 0.2) is 0 Å². The number of halogens is 2. The van der Waals surface area contributed by atoms with Crippen molar-refractivity contribution >= 4 is 29.1 Å². The van der Waals surface area contributed by atoms with E-state index in [1.165, 1.54) is 6.20 Å². The van der Waals surface area contributed by atoms with Crippen LogP contribution in [0.3, 0.4) is 0 Å². The zero-order valence-electron chi connectivity index (χ0n) is 8.20. The van der Waals surface area contributed by atoms with Crippen LogP contribution in [0, 0.1) is 0 Å². The highest BCUT2D eigenvalue weighted by atomic mass is 35.5. The standard InChI is InChI=1S/C10H12Cl2N2O/c11-3-6-14(7-4-12)10(15)9-2-1-5-13-8-9/h1-2,5,8H,3-4,6-7H2. The van der Waals surface area contributed by atoms with Crippen LogP contribution < -0.4 is 0 Å². The Morgan fingerprint density at radius 2 is 2.00 bits per heavy atom. The largest absolute Gasteiger partial charge is 0.336 e. The number of rotatable bonds is 5. The van der Waals surface area contributed by atoms with E-state index >= 15 is 0 Å². The van der Waals surface area contributed by atoms with Crippen LogP contribution in [0.4, 0.5) is 0 Å². The van der Waals surface area contributed by atoms with Crippen LogP contribution in [0.2, 0.25) is 0 Å². The van der Waals surface area contributed by atoms with Gasteiger partial charge in [0.05, 0.1) is 5.56 Å². The summed E-state index contributed by atoms with van der Waals surface area (Å²) in [5.74, 6) is 0.732. The number of aromatic nitrogens is 1. The molecule has 0 saturated heterocycles. The molecular formula is C10H12Cl2N2O. The van der Waals surface area contributed by atoms with Gasteiger partial charge in [0.25, 0.3) is 5.91 Å². The van der Waals surface area contributed by atoms with Crippen molar-refractivity contribution in [3.8, 4) is 0 Å². The first-order valence-electron chi connectivity index (χ1n) is 4.61. The van der Waals surface area contributed by atoms with Crippen molar-refractivity contribution in [2.45, 2.75) is 0 Å². The maximum atomic E-state index is 11.9. The van der Waals surface area contributed by atoms with Gasteiger partial charge in [-0.25, -0.2) is 0 Å². The molecule has 0 saturated carbocycles. The molecule has 0 aliphatic rings. The molecule has 0 unspecified atom stereocenters. The number of hydrogen-bond acceptors (Lipinski definition) is 2. The van der Waals surface area contributed by atoms with Crippen LogP contribution >= 0.6 is 23.2 Å². The van der Waals surface area contributed by atoms with Crippen LogP contribution in [-0.4, -0.2) is 40.6 Å². The van der Waals surface area contributed by atoms with E-state index in [0.717, 1.165) is 0 Å². The lowest BCUT2D eigenvalue weighted by molar-refractivity contribution is 0.0774. The third-order valence-electron chi connectivity index (χ3n) is 1.90. The number of carbonyl (C=O) groups is 1. The van der Waals surface area contributed by atoms with Crippen molar-refractivity contribution in [1.29, 1.82) is 0 Å². The molecule has 15 heavy (non-hydrogen) atoms. The fraction of sp³-hybridized carbons (Fsp3) is 0.400. The molecule has 1 heterocycles. The minimum absolute atomic E-state index is 0.0793. The van der Waals surface area contributed by atoms with Crippen molar-refractivity contribution in [2.75, 3.05) is 24.8 Å². The molecule has 1 aromatic heterocycles. The smallest absolute Gasteiger partial charge is 0.255 e. The third kappa shape index (κ3) is 3.68. The van der Waals surface area contributed by atoms with Gasteiger partial charge in [0.1, 0.15) is 0 Å². The minimum Gasteiger partial charge on any atom is -0.336 e. The Hall–Kier alpha value is -0.800. The molecule has 0 spiro atoms. The molecule has 0 fully saturated rings. The molecule has 0 atom stereocenters. The summed E-state index contributed by atoms with van der Waals surface area (Å²) < 4.78 is 0. The molecule has 5 heteroatoms. The van der Waals surface area contributed by atoms with E-state index in [-0.39, 0.29) is 5.91 Å². The number of nitrogens with zero attached hydrogens (tertiary/aromatic N) is 2. The lowest BCUT2D eigenvalue weighted by Gasteiger charge is -2.20. The van der Waals surface area contributed by atoms with E-state index in [2.05, 4.69) is 4.98 Å². The Morgan fingerprint density at radius 1 is 1.33 bits per heavy atom. The fourth-order valence-electron chi connectivity index (χ4n) is 1.19. The summed E-state index contributed by atoms with van der Waals surface area (Å²) in [5.41, 5.74) is 0.563. The van der Waals surface area contributed by atoms with Gasteiger partial charge in [-0.2, -0.15) is 0 Å². The predicted octanol–water partition coefficient (Wildman–Crippen LogP) is 2.00. The minimum atomic E-state index is -0.0793. The van der Waals surface area contributed by atoms with Crippen LogP contribution in [0.15, 0.2) is 24.5 Å². The lowest BCUT2D eigenvalue weighted by Crippen LogP contribution is -2.34. The zero-order chi connectivity index (χ0) is 11.1. The molecule has 0 N–H and O–H groups in total. The van der Waals surface area contributed by atoms with Gasteiger partial charge in [-0.1, -0.05) is 0 Å². The van der Waals surface area contributed by atoms with Gasteiger partial charge < -0.3 is 4.90 Å². The molecule has 3 nitrogen and oxygen atoms in total. The molecular weight excluding hydrogens is 235 g/mol. The first kappa shape index (κ1) is 12.3. The molecule has 1 aromatic rings. The summed E-state index contributed by atoms with van der Waals surface area (Å²) in [6, 6.07) is 3.46. The SMILES string of the molecule is O=C(c1cccnc1)N(CCCl)CCCl. The molecule has 0 radical (unpaired) electrons. The molecule has 0 aliphatic carbocycles. The number of amides is 1. The molecule has 0 aliphatic heterocycles. The molecule has 1 amide bonds. The third-order valence-corrected chi connectivity index (χ3v) is 2.24. The quantitative estimate of drug-likeness (QED) is 0.745. The topological polar surface area (TPSA) is 33.2 Å². The first-order chi connectivity index (χ1) is 7.29. The second-order valence-corrected chi connectivity index (χ2v) is 3.67. The maximum Gasteiger partial charge on any atom is 0.255 e. The average molecular weight is 247 g/mol. The van der Waals surface area contributed by atoms with Crippen LogP contribution in [0.1, 0.15) is 10.4 Å². The van der Waals surface area contributed by atoms with E-state index in [0.29, 0.717) is 30.4 Å². The maximum absolute atomic E-state index is 11.9. The number of hydrogen-bond donors (Lipinski definition) is 0. The Morgan fingerprint density at radius 3 is 2.47 bits per heavy atom. The Kier molecular flexibility index (Phi) is 5.43. The van der Waals surface area contributed by atoms with Gasteiger partial charge in [0.2, 0.25) is 0 Å². The van der Waals surface area contributed by atoms with Crippen LogP contribution in [0.25, 0.3) is 0 Å². The molecule has 0 aromatic carbocycles. The van der Waals surface area contributed by atoms with Crippen molar-refractivity contribution in [3.05, 3.63) is 30.1 Å². The van der Waals surface area contributed by atoms with Crippen molar-refractivity contribution < 1.29 is 4.79 Å². The summed E-state index contributed by atoms with van der Waals surface area (Å²) in [4.78, 5) is 17.4. The first-order valence-corrected chi connectivity index (χ1v) is 5.67. The van der Waals surface area contributed by atoms with Crippen LogP contribution in [0.5, 0.6) is 0 Å². The van der Waals surface area contributed by atoms with E-state index in [1.54, 1.807) is 23.2 Å².